The lowest BCUT2D eigenvalue weighted by Gasteiger charge is -2.39. The van der Waals surface area contributed by atoms with E-state index in [-0.39, 0.29) is 10.6 Å². The Morgan fingerprint density at radius 2 is 1.90 bits per heavy atom. The molecule has 158 valence electrons. The van der Waals surface area contributed by atoms with Crippen LogP contribution in [-0.4, -0.2) is 32.5 Å². The Balaban J connectivity index is 2.33. The molecule has 1 N–H and O–H groups in total. The van der Waals surface area contributed by atoms with Gasteiger partial charge >= 0.3 is 0 Å². The number of fused-ring (bicyclic) bond motifs is 1. The number of rotatable bonds is 6. The molecule has 1 aliphatic rings. The second kappa shape index (κ2) is 8.44. The minimum Gasteiger partial charge on any atom is -0.497 e. The summed E-state index contributed by atoms with van der Waals surface area (Å²) in [5.74, 6) is -0.923. The molecule has 1 aliphatic heterocycles. The van der Waals surface area contributed by atoms with Gasteiger partial charge in [-0.05, 0) is 48.2 Å². The summed E-state index contributed by atoms with van der Waals surface area (Å²) >= 11 is 0. The highest BCUT2D eigenvalue weighted by Crippen LogP contribution is 2.49. The van der Waals surface area contributed by atoms with E-state index in [2.05, 4.69) is 0 Å². The van der Waals surface area contributed by atoms with Crippen molar-refractivity contribution in [2.45, 2.75) is 56.4 Å². The van der Waals surface area contributed by atoms with Crippen LogP contribution >= 0.6 is 0 Å². The van der Waals surface area contributed by atoms with Gasteiger partial charge in [0.25, 0.3) is 0 Å². The van der Waals surface area contributed by atoms with Crippen LogP contribution < -0.4 is 4.74 Å². The maximum absolute atomic E-state index is 14.9. The minimum atomic E-state index is -3.68. The van der Waals surface area contributed by atoms with Crippen molar-refractivity contribution in [3.05, 3.63) is 59.4 Å². The molecule has 0 spiro atoms. The molecule has 1 heterocycles. The van der Waals surface area contributed by atoms with E-state index in [1.54, 1.807) is 30.3 Å². The molecule has 0 fully saturated rings. The van der Waals surface area contributed by atoms with E-state index < -0.39 is 33.1 Å². The molecule has 0 bridgehead atoms. The van der Waals surface area contributed by atoms with E-state index in [1.165, 1.54) is 19.2 Å². The van der Waals surface area contributed by atoms with Gasteiger partial charge < -0.3 is 9.84 Å². The van der Waals surface area contributed by atoms with Crippen LogP contribution in [0.15, 0.2) is 47.4 Å². The fraction of sp³-hybridized carbons (Fsp3) is 0.478. The van der Waals surface area contributed by atoms with Crippen molar-refractivity contribution < 1.29 is 22.7 Å². The molecule has 0 radical (unpaired) electrons. The third-order valence-electron chi connectivity index (χ3n) is 6.28. The van der Waals surface area contributed by atoms with Gasteiger partial charge in [0.2, 0.25) is 0 Å². The van der Waals surface area contributed by atoms with Gasteiger partial charge in [0, 0.05) is 11.3 Å². The first-order valence-electron chi connectivity index (χ1n) is 10.1. The number of hydrogen-bond acceptors (Lipinski definition) is 4. The number of benzene rings is 2. The normalized spacial score (nSPS) is 25.8. The molecule has 4 nitrogen and oxygen atoms in total. The van der Waals surface area contributed by atoms with Gasteiger partial charge in [-0.15, -0.1) is 0 Å². The lowest BCUT2D eigenvalue weighted by Crippen LogP contribution is -2.42. The molecular formula is C23H29FO4S. The summed E-state index contributed by atoms with van der Waals surface area (Å²) in [7, 11) is -2.18. The van der Waals surface area contributed by atoms with E-state index in [0.717, 1.165) is 12.8 Å². The maximum Gasteiger partial charge on any atom is 0.179 e. The molecule has 0 amide bonds. The van der Waals surface area contributed by atoms with Crippen molar-refractivity contribution in [3.8, 4) is 5.75 Å². The Hall–Kier alpha value is -1.92. The fourth-order valence-corrected chi connectivity index (χ4v) is 6.80. The Morgan fingerprint density at radius 3 is 2.52 bits per heavy atom. The van der Waals surface area contributed by atoms with Gasteiger partial charge in [-0.25, -0.2) is 12.8 Å². The van der Waals surface area contributed by atoms with Crippen LogP contribution in [0.4, 0.5) is 4.39 Å². The highest BCUT2D eigenvalue weighted by Gasteiger charge is 2.49. The molecule has 29 heavy (non-hydrogen) atoms. The van der Waals surface area contributed by atoms with Crippen LogP contribution in [0, 0.1) is 11.2 Å². The summed E-state index contributed by atoms with van der Waals surface area (Å²) in [6.45, 7) is 3.94. The minimum absolute atomic E-state index is 0.150. The standard InChI is InChI=1S/C23H29FO4S/c1-4-6-13-23(5-2)15-29(26,27)20-12-11-16(28-3)14-18(20)21(22(23)25)17-9-7-8-10-19(17)24/h7-12,14,21-22,25H,4-6,13,15H2,1-3H3. The first kappa shape index (κ1) is 21.8. The van der Waals surface area contributed by atoms with Crippen molar-refractivity contribution in [1.29, 1.82) is 0 Å². The number of methoxy groups -OCH3 is 1. The average molecular weight is 421 g/mol. The topological polar surface area (TPSA) is 63.6 Å². The smallest absolute Gasteiger partial charge is 0.179 e. The van der Waals surface area contributed by atoms with Gasteiger partial charge in [-0.3, -0.25) is 0 Å². The van der Waals surface area contributed by atoms with Crippen molar-refractivity contribution in [2.75, 3.05) is 12.9 Å². The van der Waals surface area contributed by atoms with Crippen LogP contribution in [0.25, 0.3) is 0 Å². The van der Waals surface area contributed by atoms with Crippen molar-refractivity contribution >= 4 is 9.84 Å². The Kier molecular flexibility index (Phi) is 6.34. The number of aliphatic hydroxyl groups excluding tert-OH is 1. The fourth-order valence-electron chi connectivity index (χ4n) is 4.55. The van der Waals surface area contributed by atoms with E-state index >= 15 is 0 Å². The summed E-state index contributed by atoms with van der Waals surface area (Å²) in [6, 6.07) is 11.0. The first-order chi connectivity index (χ1) is 13.8. The molecule has 0 aromatic heterocycles. The van der Waals surface area contributed by atoms with Crippen molar-refractivity contribution in [3.63, 3.8) is 0 Å². The molecule has 0 saturated heterocycles. The zero-order chi connectivity index (χ0) is 21.2. The van der Waals surface area contributed by atoms with E-state index in [1.807, 2.05) is 13.8 Å². The Labute approximate surface area is 172 Å². The summed E-state index contributed by atoms with van der Waals surface area (Å²) in [5.41, 5.74) is -0.150. The Morgan fingerprint density at radius 1 is 1.17 bits per heavy atom. The van der Waals surface area contributed by atoms with Gasteiger partial charge in [0.1, 0.15) is 11.6 Å². The van der Waals surface area contributed by atoms with Crippen LogP contribution in [0.5, 0.6) is 5.75 Å². The summed E-state index contributed by atoms with van der Waals surface area (Å²) in [5, 5.41) is 11.6. The molecule has 2 aromatic rings. The number of aliphatic hydroxyl groups is 1. The second-order valence-electron chi connectivity index (χ2n) is 7.93. The van der Waals surface area contributed by atoms with Crippen molar-refractivity contribution in [1.82, 2.24) is 0 Å². The number of sulfone groups is 1. The van der Waals surface area contributed by atoms with Crippen molar-refractivity contribution in [2.24, 2.45) is 5.41 Å². The van der Waals surface area contributed by atoms with Gasteiger partial charge in [0.05, 0.1) is 23.9 Å². The quantitative estimate of drug-likeness (QED) is 0.736. The van der Waals surface area contributed by atoms with E-state index in [4.69, 9.17) is 4.74 Å². The van der Waals surface area contributed by atoms with Gasteiger partial charge in [-0.1, -0.05) is 44.9 Å². The predicted octanol–water partition coefficient (Wildman–Crippen LogP) is 4.70. The largest absolute Gasteiger partial charge is 0.497 e. The summed E-state index contributed by atoms with van der Waals surface area (Å²) in [4.78, 5) is 0.150. The molecule has 0 aliphatic carbocycles. The lowest BCUT2D eigenvalue weighted by molar-refractivity contribution is 0.0167. The van der Waals surface area contributed by atoms with E-state index in [0.29, 0.717) is 29.7 Å². The third-order valence-corrected chi connectivity index (χ3v) is 8.28. The van der Waals surface area contributed by atoms with E-state index in [9.17, 15) is 17.9 Å². The SMILES string of the molecule is CCCCC1(CC)CS(=O)(=O)c2ccc(OC)cc2C(c2ccccc2F)C1O. The van der Waals surface area contributed by atoms with Crippen LogP contribution in [0.3, 0.4) is 0 Å². The zero-order valence-electron chi connectivity index (χ0n) is 17.2. The van der Waals surface area contributed by atoms with Gasteiger partial charge in [0.15, 0.2) is 9.84 Å². The maximum atomic E-state index is 14.9. The van der Waals surface area contributed by atoms with Crippen LogP contribution in [-0.2, 0) is 9.84 Å². The molecular weight excluding hydrogens is 391 g/mol. The molecule has 2 aromatic carbocycles. The molecule has 6 heteroatoms. The summed E-state index contributed by atoms with van der Waals surface area (Å²) < 4.78 is 47.0. The lowest BCUT2D eigenvalue weighted by atomic mass is 9.69. The third kappa shape index (κ3) is 3.92. The van der Waals surface area contributed by atoms with Gasteiger partial charge in [-0.2, -0.15) is 0 Å². The van der Waals surface area contributed by atoms with Crippen LogP contribution in [0.1, 0.15) is 56.6 Å². The average Bonchev–Trinajstić information content (AvgIpc) is 2.78. The molecule has 0 saturated carbocycles. The Bertz CT molecular complexity index is 973. The molecule has 3 rings (SSSR count). The molecule has 3 atom stereocenters. The highest BCUT2D eigenvalue weighted by molar-refractivity contribution is 7.91. The highest BCUT2D eigenvalue weighted by atomic mass is 32.2. The first-order valence-corrected chi connectivity index (χ1v) is 11.8. The predicted molar refractivity (Wildman–Crippen MR) is 112 cm³/mol. The number of unbranched alkanes of at least 4 members (excludes halogenated alkanes) is 1. The monoisotopic (exact) mass is 420 g/mol. The second-order valence-corrected chi connectivity index (χ2v) is 9.88. The number of hydrogen-bond donors (Lipinski definition) is 1. The summed E-state index contributed by atoms with van der Waals surface area (Å²) in [6.07, 6.45) is 1.70. The number of halogens is 1. The number of ether oxygens (including phenoxy) is 1. The van der Waals surface area contributed by atoms with Crippen LogP contribution in [0.2, 0.25) is 0 Å². The zero-order valence-corrected chi connectivity index (χ0v) is 18.0. The molecule has 3 unspecified atom stereocenters.